The van der Waals surface area contributed by atoms with Crippen LogP contribution >= 0.6 is 0 Å². The quantitative estimate of drug-likeness (QED) is 0.553. The molecule has 2 aromatic carbocycles. The molecule has 144 valence electrons. The predicted molar refractivity (Wildman–Crippen MR) is 99.6 cm³/mol. The highest BCUT2D eigenvalue weighted by molar-refractivity contribution is 5.85. The van der Waals surface area contributed by atoms with Crippen LogP contribution in [0.2, 0.25) is 0 Å². The summed E-state index contributed by atoms with van der Waals surface area (Å²) < 4.78 is 34.8. The van der Waals surface area contributed by atoms with Gasteiger partial charge in [0.15, 0.2) is 6.61 Å². The van der Waals surface area contributed by atoms with E-state index in [1.54, 1.807) is 18.2 Å². The topological polar surface area (TPSA) is 59.9 Å². The third-order valence-electron chi connectivity index (χ3n) is 3.68. The van der Waals surface area contributed by atoms with E-state index >= 15 is 0 Å². The number of rotatable bonds is 8. The van der Waals surface area contributed by atoms with Gasteiger partial charge in [0.1, 0.15) is 11.5 Å². The minimum atomic E-state index is -2.94. The maximum Gasteiger partial charge on any atom is 0.387 e. The lowest BCUT2D eigenvalue weighted by atomic mass is 10.0. The molecule has 0 fully saturated rings. The third kappa shape index (κ3) is 6.36. The lowest BCUT2D eigenvalue weighted by Gasteiger charge is -2.14. The van der Waals surface area contributed by atoms with Crippen molar-refractivity contribution in [1.29, 1.82) is 0 Å². The number of aryl methyl sites for hydroxylation is 1. The lowest BCUT2D eigenvalue weighted by molar-refractivity contribution is -0.123. The summed E-state index contributed by atoms with van der Waals surface area (Å²) in [5.74, 6) is 0.422. The summed E-state index contributed by atoms with van der Waals surface area (Å²) >= 11 is 0. The number of para-hydroxylation sites is 1. The second-order valence-corrected chi connectivity index (χ2v) is 6.19. The van der Waals surface area contributed by atoms with E-state index in [2.05, 4.69) is 15.3 Å². The molecule has 0 saturated heterocycles. The molecule has 2 rings (SSSR count). The number of halogens is 2. The summed E-state index contributed by atoms with van der Waals surface area (Å²) in [6, 6.07) is 12.0. The molecule has 0 aliphatic carbocycles. The second-order valence-electron chi connectivity index (χ2n) is 6.19. The molecule has 0 radical (unpaired) electrons. The van der Waals surface area contributed by atoms with Gasteiger partial charge in [0.2, 0.25) is 0 Å². The van der Waals surface area contributed by atoms with E-state index in [1.807, 2.05) is 39.0 Å². The average molecular weight is 376 g/mol. The summed E-state index contributed by atoms with van der Waals surface area (Å²) in [5, 5.41) is 3.77. The summed E-state index contributed by atoms with van der Waals surface area (Å²) in [4.78, 5) is 11.9. The third-order valence-corrected chi connectivity index (χ3v) is 3.68. The van der Waals surface area contributed by atoms with Crippen LogP contribution in [-0.4, -0.2) is 25.3 Å². The zero-order valence-electron chi connectivity index (χ0n) is 15.4. The Morgan fingerprint density at radius 1 is 1.19 bits per heavy atom. The molecular weight excluding hydrogens is 354 g/mol. The van der Waals surface area contributed by atoms with Crippen LogP contribution in [0.25, 0.3) is 0 Å². The van der Waals surface area contributed by atoms with E-state index in [0.717, 1.165) is 11.1 Å². The summed E-state index contributed by atoms with van der Waals surface area (Å²) in [6.07, 6.45) is 1.24. The minimum absolute atomic E-state index is 0.0249. The standard InChI is InChI=1S/C20H22F2N2O3/c1-13(2)16-9-8-14(3)10-18(16)26-12-19(25)24-23-11-15-6-4-5-7-17(15)27-20(21)22/h4-11,13,20H,12H2,1-3H3,(H,24,25)/b23-11-. The van der Waals surface area contributed by atoms with Gasteiger partial charge < -0.3 is 9.47 Å². The van der Waals surface area contributed by atoms with E-state index < -0.39 is 12.5 Å². The monoisotopic (exact) mass is 376 g/mol. The van der Waals surface area contributed by atoms with Gasteiger partial charge in [0.25, 0.3) is 5.91 Å². The fraction of sp³-hybridized carbons (Fsp3) is 0.300. The molecule has 0 aliphatic heterocycles. The number of benzene rings is 2. The van der Waals surface area contributed by atoms with Gasteiger partial charge >= 0.3 is 6.61 Å². The smallest absolute Gasteiger partial charge is 0.387 e. The zero-order chi connectivity index (χ0) is 19.8. The fourth-order valence-corrected chi connectivity index (χ4v) is 2.38. The van der Waals surface area contributed by atoms with Crippen molar-refractivity contribution in [3.8, 4) is 11.5 Å². The van der Waals surface area contributed by atoms with Crippen molar-refractivity contribution >= 4 is 12.1 Å². The van der Waals surface area contributed by atoms with Crippen LogP contribution in [0.3, 0.4) is 0 Å². The van der Waals surface area contributed by atoms with Crippen molar-refractivity contribution in [3.05, 3.63) is 59.2 Å². The molecule has 0 spiro atoms. The Morgan fingerprint density at radius 3 is 2.63 bits per heavy atom. The number of ether oxygens (including phenoxy) is 2. The molecule has 0 heterocycles. The molecule has 7 heteroatoms. The number of carbonyl (C=O) groups is 1. The van der Waals surface area contributed by atoms with E-state index in [4.69, 9.17) is 4.74 Å². The molecular formula is C20H22F2N2O3. The highest BCUT2D eigenvalue weighted by Crippen LogP contribution is 2.27. The summed E-state index contributed by atoms with van der Waals surface area (Å²) in [6.45, 7) is 2.88. The molecule has 1 amide bonds. The van der Waals surface area contributed by atoms with Crippen molar-refractivity contribution in [2.24, 2.45) is 5.10 Å². The van der Waals surface area contributed by atoms with Gasteiger partial charge in [-0.2, -0.15) is 13.9 Å². The molecule has 5 nitrogen and oxygen atoms in total. The van der Waals surface area contributed by atoms with Crippen LogP contribution in [0.15, 0.2) is 47.6 Å². The SMILES string of the molecule is Cc1ccc(C(C)C)c(OCC(=O)N/N=C\c2ccccc2OC(F)F)c1. The second kappa shape index (κ2) is 9.66. The van der Waals surface area contributed by atoms with Crippen LogP contribution in [0, 0.1) is 6.92 Å². The van der Waals surface area contributed by atoms with Crippen LogP contribution < -0.4 is 14.9 Å². The van der Waals surface area contributed by atoms with E-state index in [1.165, 1.54) is 12.3 Å². The molecule has 0 aromatic heterocycles. The molecule has 0 aliphatic rings. The van der Waals surface area contributed by atoms with Crippen LogP contribution in [0.5, 0.6) is 11.5 Å². The summed E-state index contributed by atoms with van der Waals surface area (Å²) in [5.41, 5.74) is 4.67. The number of hydrazone groups is 1. The molecule has 0 saturated carbocycles. The first-order valence-corrected chi connectivity index (χ1v) is 8.46. The van der Waals surface area contributed by atoms with Crippen molar-refractivity contribution in [2.45, 2.75) is 33.3 Å². The van der Waals surface area contributed by atoms with Crippen molar-refractivity contribution < 1.29 is 23.0 Å². The van der Waals surface area contributed by atoms with Gasteiger partial charge in [0, 0.05) is 5.56 Å². The largest absolute Gasteiger partial charge is 0.483 e. The maximum absolute atomic E-state index is 12.4. The first-order chi connectivity index (χ1) is 12.9. The summed E-state index contributed by atoms with van der Waals surface area (Å²) in [7, 11) is 0. The van der Waals surface area contributed by atoms with Gasteiger partial charge in [-0.25, -0.2) is 5.43 Å². The number of alkyl halides is 2. The molecule has 0 atom stereocenters. The van der Waals surface area contributed by atoms with Crippen LogP contribution in [0.1, 0.15) is 36.5 Å². The first-order valence-electron chi connectivity index (χ1n) is 8.46. The number of nitrogens with zero attached hydrogens (tertiary/aromatic N) is 1. The molecule has 1 N–H and O–H groups in total. The fourth-order valence-electron chi connectivity index (χ4n) is 2.38. The van der Waals surface area contributed by atoms with Gasteiger partial charge in [-0.05, 0) is 42.2 Å². The number of hydrogen-bond donors (Lipinski definition) is 1. The highest BCUT2D eigenvalue weighted by Gasteiger charge is 2.10. The molecule has 2 aromatic rings. The van der Waals surface area contributed by atoms with E-state index in [0.29, 0.717) is 11.3 Å². The van der Waals surface area contributed by atoms with Crippen LogP contribution in [0.4, 0.5) is 8.78 Å². The predicted octanol–water partition coefficient (Wildman–Crippen LogP) is 4.25. The highest BCUT2D eigenvalue weighted by atomic mass is 19.3. The number of carbonyl (C=O) groups excluding carboxylic acids is 1. The Labute approximate surface area is 157 Å². The Balaban J connectivity index is 1.94. The molecule has 27 heavy (non-hydrogen) atoms. The molecule has 0 bridgehead atoms. The number of hydrogen-bond acceptors (Lipinski definition) is 4. The maximum atomic E-state index is 12.4. The van der Waals surface area contributed by atoms with Gasteiger partial charge in [-0.15, -0.1) is 0 Å². The van der Waals surface area contributed by atoms with Gasteiger partial charge in [0.05, 0.1) is 6.21 Å². The van der Waals surface area contributed by atoms with E-state index in [-0.39, 0.29) is 18.3 Å². The first kappa shape index (κ1) is 20.4. The normalized spacial score (nSPS) is 11.2. The minimum Gasteiger partial charge on any atom is -0.483 e. The van der Waals surface area contributed by atoms with Crippen molar-refractivity contribution in [3.63, 3.8) is 0 Å². The Hall–Kier alpha value is -2.96. The van der Waals surface area contributed by atoms with Gasteiger partial charge in [-0.1, -0.05) is 38.1 Å². The molecule has 0 unspecified atom stereocenters. The average Bonchev–Trinajstić information content (AvgIpc) is 2.60. The number of amides is 1. The van der Waals surface area contributed by atoms with Crippen molar-refractivity contribution in [2.75, 3.05) is 6.61 Å². The van der Waals surface area contributed by atoms with E-state index in [9.17, 15) is 13.6 Å². The number of nitrogens with one attached hydrogen (secondary N) is 1. The Morgan fingerprint density at radius 2 is 1.93 bits per heavy atom. The van der Waals surface area contributed by atoms with Crippen LogP contribution in [-0.2, 0) is 4.79 Å². The van der Waals surface area contributed by atoms with Gasteiger partial charge in [-0.3, -0.25) is 4.79 Å². The Bertz CT molecular complexity index is 808. The lowest BCUT2D eigenvalue weighted by Crippen LogP contribution is -2.25. The Kier molecular flexibility index (Phi) is 7.28. The van der Waals surface area contributed by atoms with Crippen molar-refractivity contribution in [1.82, 2.24) is 5.43 Å². The zero-order valence-corrected chi connectivity index (χ0v) is 15.4.